The average Bonchev–Trinajstić information content (AvgIpc) is 2.52. The summed E-state index contributed by atoms with van der Waals surface area (Å²) in [4.78, 5) is 36.0. The van der Waals surface area contributed by atoms with E-state index in [0.29, 0.717) is 12.1 Å². The summed E-state index contributed by atoms with van der Waals surface area (Å²) in [6, 6.07) is 5.29. The molecular weight excluding hydrogens is 303 g/mol. The second kappa shape index (κ2) is 9.55. The number of likely N-dealkylation sites (N-methyl/N-ethyl adjacent to an activating group) is 1. The predicted octanol–water partition coefficient (Wildman–Crippen LogP) is 1.96. The summed E-state index contributed by atoms with van der Waals surface area (Å²) in [6.07, 6.45) is 1.86. The molecule has 0 saturated carbocycles. The number of hydrogen-bond acceptors (Lipinski definition) is 4. The average molecular weight is 324 g/mol. The van der Waals surface area contributed by atoms with Crippen molar-refractivity contribution in [2.45, 2.75) is 26.2 Å². The Bertz CT molecular complexity index is 546. The summed E-state index contributed by atoms with van der Waals surface area (Å²) in [5.41, 5.74) is 0.434. The molecule has 7 heteroatoms. The number of benzene rings is 1. The Morgan fingerprint density at radius 1 is 1.22 bits per heavy atom. The Morgan fingerprint density at radius 2 is 1.87 bits per heavy atom. The predicted molar refractivity (Wildman–Crippen MR) is 83.2 cm³/mol. The van der Waals surface area contributed by atoms with Gasteiger partial charge < -0.3 is 15.0 Å². The van der Waals surface area contributed by atoms with Gasteiger partial charge in [-0.15, -0.1) is 0 Å². The van der Waals surface area contributed by atoms with Crippen molar-refractivity contribution in [3.05, 3.63) is 30.1 Å². The largest absolute Gasteiger partial charge is 0.456 e. The van der Waals surface area contributed by atoms with Crippen molar-refractivity contribution >= 4 is 23.5 Å². The van der Waals surface area contributed by atoms with Gasteiger partial charge in [-0.1, -0.05) is 13.3 Å². The van der Waals surface area contributed by atoms with Gasteiger partial charge in [0.2, 0.25) is 5.91 Å². The number of rotatable bonds is 8. The van der Waals surface area contributed by atoms with Crippen LogP contribution in [0.5, 0.6) is 0 Å². The van der Waals surface area contributed by atoms with Gasteiger partial charge in [0.25, 0.3) is 5.91 Å². The molecule has 0 atom stereocenters. The topological polar surface area (TPSA) is 75.7 Å². The molecule has 1 aromatic rings. The van der Waals surface area contributed by atoms with Gasteiger partial charge in [0.15, 0.2) is 6.61 Å². The van der Waals surface area contributed by atoms with Crippen molar-refractivity contribution in [3.8, 4) is 0 Å². The number of ether oxygens (including phenoxy) is 1. The van der Waals surface area contributed by atoms with Crippen LogP contribution in [0.3, 0.4) is 0 Å². The van der Waals surface area contributed by atoms with E-state index in [0.717, 1.165) is 11.3 Å². The smallest absolute Gasteiger partial charge is 0.306 e. The molecule has 0 unspecified atom stereocenters. The lowest BCUT2D eigenvalue weighted by atomic mass is 10.2. The van der Waals surface area contributed by atoms with Crippen LogP contribution in [0.1, 0.15) is 26.2 Å². The van der Waals surface area contributed by atoms with Gasteiger partial charge in [-0.2, -0.15) is 0 Å². The summed E-state index contributed by atoms with van der Waals surface area (Å²) in [6.45, 7) is 1.37. The van der Waals surface area contributed by atoms with E-state index in [2.05, 4.69) is 5.32 Å². The number of carbonyl (C=O) groups is 3. The highest BCUT2D eigenvalue weighted by molar-refractivity contribution is 5.94. The Kier molecular flexibility index (Phi) is 7.73. The third-order valence-electron chi connectivity index (χ3n) is 3.03. The number of unbranched alkanes of at least 4 members (excludes halogenated alkanes) is 1. The van der Waals surface area contributed by atoms with Crippen LogP contribution >= 0.6 is 0 Å². The van der Waals surface area contributed by atoms with E-state index in [-0.39, 0.29) is 19.6 Å². The Labute approximate surface area is 134 Å². The first-order valence-electron chi connectivity index (χ1n) is 7.37. The molecule has 2 amide bonds. The molecule has 0 bridgehead atoms. The number of anilines is 1. The number of halogens is 1. The van der Waals surface area contributed by atoms with Crippen molar-refractivity contribution in [2.24, 2.45) is 0 Å². The molecule has 1 aromatic carbocycles. The third kappa shape index (κ3) is 7.39. The highest BCUT2D eigenvalue weighted by Crippen LogP contribution is 2.08. The van der Waals surface area contributed by atoms with Crippen LogP contribution in [0.25, 0.3) is 0 Å². The summed E-state index contributed by atoms with van der Waals surface area (Å²) >= 11 is 0. The van der Waals surface area contributed by atoms with Gasteiger partial charge in [-0.3, -0.25) is 14.4 Å². The number of nitrogens with zero attached hydrogens (tertiary/aromatic N) is 1. The Hall–Kier alpha value is -2.44. The minimum absolute atomic E-state index is 0.192. The molecule has 126 valence electrons. The molecule has 1 rings (SSSR count). The first-order valence-corrected chi connectivity index (χ1v) is 7.37. The molecule has 0 saturated heterocycles. The maximum absolute atomic E-state index is 12.8. The van der Waals surface area contributed by atoms with Crippen LogP contribution < -0.4 is 5.32 Å². The summed E-state index contributed by atoms with van der Waals surface area (Å²) in [5.74, 6) is -1.72. The molecule has 0 aromatic heterocycles. The lowest BCUT2D eigenvalue weighted by molar-refractivity contribution is -0.151. The van der Waals surface area contributed by atoms with E-state index in [1.165, 1.54) is 31.3 Å². The number of nitrogens with one attached hydrogen (secondary N) is 1. The molecule has 0 radical (unpaired) electrons. The first kappa shape index (κ1) is 18.6. The zero-order chi connectivity index (χ0) is 17.2. The van der Waals surface area contributed by atoms with Crippen LogP contribution in [0.2, 0.25) is 0 Å². The third-order valence-corrected chi connectivity index (χ3v) is 3.03. The molecule has 0 aliphatic carbocycles. The second-order valence-corrected chi connectivity index (χ2v) is 5.07. The van der Waals surface area contributed by atoms with Gasteiger partial charge in [-0.05, 0) is 30.7 Å². The van der Waals surface area contributed by atoms with Crippen molar-refractivity contribution in [1.82, 2.24) is 4.90 Å². The molecule has 0 fully saturated rings. The molecular formula is C16H21FN2O4. The standard InChI is InChI=1S/C16H21FN2O4/c1-3-4-5-16(22)23-11-15(21)19(2)10-14(20)18-13-8-6-12(17)7-9-13/h6-9H,3-5,10-11H2,1-2H3,(H,18,20). The number of carbonyl (C=O) groups excluding carboxylic acids is 3. The van der Waals surface area contributed by atoms with Gasteiger partial charge in [0.1, 0.15) is 5.82 Å². The lowest BCUT2D eigenvalue weighted by Gasteiger charge is -2.16. The van der Waals surface area contributed by atoms with Crippen molar-refractivity contribution in [1.29, 1.82) is 0 Å². The summed E-state index contributed by atoms with van der Waals surface area (Å²) < 4.78 is 17.6. The molecule has 23 heavy (non-hydrogen) atoms. The van der Waals surface area contributed by atoms with E-state index in [4.69, 9.17) is 4.74 Å². The lowest BCUT2D eigenvalue weighted by Crippen LogP contribution is -2.37. The fraction of sp³-hybridized carbons (Fsp3) is 0.438. The van der Waals surface area contributed by atoms with E-state index in [1.54, 1.807) is 0 Å². The SMILES string of the molecule is CCCCC(=O)OCC(=O)N(C)CC(=O)Nc1ccc(F)cc1. The van der Waals surface area contributed by atoms with Crippen molar-refractivity contribution < 1.29 is 23.5 Å². The molecule has 0 spiro atoms. The fourth-order valence-electron chi connectivity index (χ4n) is 1.68. The Balaban J connectivity index is 2.34. The highest BCUT2D eigenvalue weighted by atomic mass is 19.1. The van der Waals surface area contributed by atoms with Crippen LogP contribution in [0.15, 0.2) is 24.3 Å². The summed E-state index contributed by atoms with van der Waals surface area (Å²) in [7, 11) is 1.44. The van der Waals surface area contributed by atoms with Crippen LogP contribution in [-0.4, -0.2) is 42.9 Å². The normalized spacial score (nSPS) is 10.0. The number of hydrogen-bond donors (Lipinski definition) is 1. The quantitative estimate of drug-likeness (QED) is 0.742. The zero-order valence-corrected chi connectivity index (χ0v) is 13.3. The highest BCUT2D eigenvalue weighted by Gasteiger charge is 2.15. The molecule has 6 nitrogen and oxygen atoms in total. The zero-order valence-electron chi connectivity index (χ0n) is 13.3. The maximum Gasteiger partial charge on any atom is 0.306 e. The van der Waals surface area contributed by atoms with E-state index >= 15 is 0 Å². The number of esters is 1. The van der Waals surface area contributed by atoms with Gasteiger partial charge in [0, 0.05) is 19.2 Å². The van der Waals surface area contributed by atoms with Crippen LogP contribution in [0, 0.1) is 5.82 Å². The second-order valence-electron chi connectivity index (χ2n) is 5.07. The molecule has 0 aliphatic rings. The van der Waals surface area contributed by atoms with E-state index in [1.807, 2.05) is 6.92 Å². The molecule has 0 aliphatic heterocycles. The maximum atomic E-state index is 12.8. The minimum atomic E-state index is -0.468. The fourth-order valence-corrected chi connectivity index (χ4v) is 1.68. The van der Waals surface area contributed by atoms with E-state index < -0.39 is 23.6 Å². The van der Waals surface area contributed by atoms with Crippen LogP contribution in [-0.2, 0) is 19.1 Å². The van der Waals surface area contributed by atoms with E-state index in [9.17, 15) is 18.8 Å². The monoisotopic (exact) mass is 324 g/mol. The minimum Gasteiger partial charge on any atom is -0.456 e. The first-order chi connectivity index (χ1) is 10.9. The van der Waals surface area contributed by atoms with Crippen molar-refractivity contribution in [3.63, 3.8) is 0 Å². The van der Waals surface area contributed by atoms with Crippen molar-refractivity contribution in [2.75, 3.05) is 25.5 Å². The van der Waals surface area contributed by atoms with Gasteiger partial charge in [-0.25, -0.2) is 4.39 Å². The van der Waals surface area contributed by atoms with Gasteiger partial charge >= 0.3 is 5.97 Å². The molecule has 0 heterocycles. The van der Waals surface area contributed by atoms with Crippen LogP contribution in [0.4, 0.5) is 10.1 Å². The number of amides is 2. The molecule has 1 N–H and O–H groups in total. The summed E-state index contributed by atoms with van der Waals surface area (Å²) in [5, 5.41) is 2.54. The Morgan fingerprint density at radius 3 is 2.48 bits per heavy atom. The van der Waals surface area contributed by atoms with Gasteiger partial charge in [0.05, 0.1) is 6.54 Å².